The molecule has 0 saturated heterocycles. The molecule has 3 rings (SSSR count). The maximum absolute atomic E-state index is 2.51. The van der Waals surface area contributed by atoms with Gasteiger partial charge < -0.3 is 0 Å². The summed E-state index contributed by atoms with van der Waals surface area (Å²) in [7, 11) is -1.55. The molecule has 1 heterocycles. The quantitative estimate of drug-likeness (QED) is 0.599. The zero-order valence-electron chi connectivity index (χ0n) is 15.0. The number of hydrogen-bond donors (Lipinski definition) is 0. The van der Waals surface area contributed by atoms with Crippen molar-refractivity contribution < 1.29 is 0 Å². The summed E-state index contributed by atoms with van der Waals surface area (Å²) in [5.74, 6) is 0. The number of aryl methyl sites for hydroxylation is 1. The lowest BCUT2D eigenvalue weighted by Crippen LogP contribution is -2.55. The Balaban J connectivity index is 2.18. The molecule has 2 aromatic carbocycles. The second-order valence-corrected chi connectivity index (χ2v) is 11.3. The standard InChI is InChI=1S/C22H30Si/c1-4-7-15-23(16-8-5-2)21-12-10-9-11-19(21)20-17-18(6-3)13-14-22(20)23/h9-14,17H,4-8,15-16H2,1-3H3. The van der Waals surface area contributed by atoms with Gasteiger partial charge in [-0.15, -0.1) is 0 Å². The molecule has 0 N–H and O–H groups in total. The fraction of sp³-hybridized carbons (Fsp3) is 0.455. The zero-order chi connectivity index (χ0) is 16.3. The Bertz CT molecular complexity index is 663. The van der Waals surface area contributed by atoms with Gasteiger partial charge in [0.25, 0.3) is 0 Å². The summed E-state index contributed by atoms with van der Waals surface area (Å²) in [4.78, 5) is 0. The van der Waals surface area contributed by atoms with Crippen LogP contribution < -0.4 is 10.4 Å². The van der Waals surface area contributed by atoms with Crippen LogP contribution in [0.1, 0.15) is 52.0 Å². The molecule has 23 heavy (non-hydrogen) atoms. The van der Waals surface area contributed by atoms with E-state index in [4.69, 9.17) is 0 Å². The predicted octanol–water partition coefficient (Wildman–Crippen LogP) is 5.39. The Morgan fingerprint density at radius 3 is 2.04 bits per heavy atom. The zero-order valence-corrected chi connectivity index (χ0v) is 16.0. The highest BCUT2D eigenvalue weighted by molar-refractivity contribution is 7.05. The van der Waals surface area contributed by atoms with E-state index in [1.54, 1.807) is 21.5 Å². The molecule has 0 saturated carbocycles. The normalized spacial score (nSPS) is 14.6. The largest absolute Gasteiger partial charge is 0.119 e. The maximum atomic E-state index is 2.51. The first-order valence-electron chi connectivity index (χ1n) is 9.50. The van der Waals surface area contributed by atoms with Crippen molar-refractivity contribution in [2.45, 2.75) is 65.0 Å². The first-order valence-corrected chi connectivity index (χ1v) is 11.9. The Hall–Kier alpha value is -1.34. The third kappa shape index (κ3) is 2.80. The summed E-state index contributed by atoms with van der Waals surface area (Å²) in [5, 5.41) is 3.46. The first-order chi connectivity index (χ1) is 11.3. The van der Waals surface area contributed by atoms with Crippen LogP contribution in [0.2, 0.25) is 12.1 Å². The van der Waals surface area contributed by atoms with E-state index >= 15 is 0 Å². The van der Waals surface area contributed by atoms with E-state index in [2.05, 4.69) is 63.2 Å². The molecule has 1 aliphatic rings. The van der Waals surface area contributed by atoms with Crippen molar-refractivity contribution in [3.8, 4) is 11.1 Å². The van der Waals surface area contributed by atoms with Crippen molar-refractivity contribution in [2.75, 3.05) is 0 Å². The van der Waals surface area contributed by atoms with E-state index in [1.165, 1.54) is 43.3 Å². The molecule has 0 amide bonds. The molecule has 2 aromatic rings. The fourth-order valence-corrected chi connectivity index (χ4v) is 10.2. The molecule has 0 radical (unpaired) electrons. The van der Waals surface area contributed by atoms with E-state index in [1.807, 2.05) is 0 Å². The number of unbranched alkanes of at least 4 members (excludes halogenated alkanes) is 2. The summed E-state index contributed by atoms with van der Waals surface area (Å²) < 4.78 is 0. The van der Waals surface area contributed by atoms with Gasteiger partial charge in [0.2, 0.25) is 0 Å². The fourth-order valence-electron chi connectivity index (χ4n) is 4.35. The predicted molar refractivity (Wildman–Crippen MR) is 106 cm³/mol. The van der Waals surface area contributed by atoms with Gasteiger partial charge in [0.1, 0.15) is 8.07 Å². The number of fused-ring (bicyclic) bond motifs is 3. The minimum Gasteiger partial charge on any atom is -0.0654 e. The summed E-state index contributed by atoms with van der Waals surface area (Å²) in [6, 6.07) is 19.6. The van der Waals surface area contributed by atoms with Crippen molar-refractivity contribution in [3.63, 3.8) is 0 Å². The third-order valence-corrected chi connectivity index (χ3v) is 11.0. The van der Waals surface area contributed by atoms with Gasteiger partial charge in [-0.25, -0.2) is 0 Å². The van der Waals surface area contributed by atoms with Crippen molar-refractivity contribution in [3.05, 3.63) is 48.0 Å². The molecule has 0 aromatic heterocycles. The van der Waals surface area contributed by atoms with Crippen LogP contribution in [0, 0.1) is 0 Å². The van der Waals surface area contributed by atoms with E-state index in [-0.39, 0.29) is 0 Å². The molecule has 0 spiro atoms. The van der Waals surface area contributed by atoms with E-state index in [0.29, 0.717) is 0 Å². The summed E-state index contributed by atoms with van der Waals surface area (Å²) in [5.41, 5.74) is 4.60. The van der Waals surface area contributed by atoms with Crippen molar-refractivity contribution in [1.82, 2.24) is 0 Å². The monoisotopic (exact) mass is 322 g/mol. The highest BCUT2D eigenvalue weighted by Gasteiger charge is 2.43. The van der Waals surface area contributed by atoms with Crippen LogP contribution in [0.4, 0.5) is 0 Å². The van der Waals surface area contributed by atoms with E-state index in [9.17, 15) is 0 Å². The molecular weight excluding hydrogens is 292 g/mol. The molecular formula is C22H30Si. The smallest absolute Gasteiger partial charge is 0.0654 e. The lowest BCUT2D eigenvalue weighted by atomic mass is 10.0. The Kier molecular flexibility index (Phi) is 5.06. The number of hydrogen-bond acceptors (Lipinski definition) is 0. The van der Waals surface area contributed by atoms with Gasteiger partial charge in [0.15, 0.2) is 0 Å². The Morgan fingerprint density at radius 2 is 1.39 bits per heavy atom. The van der Waals surface area contributed by atoms with Crippen LogP contribution in [0.25, 0.3) is 11.1 Å². The van der Waals surface area contributed by atoms with Crippen LogP contribution in [-0.4, -0.2) is 8.07 Å². The topological polar surface area (TPSA) is 0 Å². The molecule has 1 aliphatic heterocycles. The van der Waals surface area contributed by atoms with Crippen LogP contribution in [-0.2, 0) is 6.42 Å². The number of benzene rings is 2. The van der Waals surface area contributed by atoms with Crippen molar-refractivity contribution in [1.29, 1.82) is 0 Å². The summed E-state index contributed by atoms with van der Waals surface area (Å²) in [6.07, 6.45) is 6.50. The molecule has 0 fully saturated rings. The SMILES string of the molecule is CCCC[Si]1(CCCC)c2ccccc2-c2cc(CC)ccc21. The van der Waals surface area contributed by atoms with Gasteiger partial charge in [-0.05, 0) is 45.6 Å². The lowest BCUT2D eigenvalue weighted by Gasteiger charge is -2.30. The van der Waals surface area contributed by atoms with Gasteiger partial charge in [0.05, 0.1) is 0 Å². The first kappa shape index (κ1) is 16.5. The van der Waals surface area contributed by atoms with Gasteiger partial charge in [0, 0.05) is 0 Å². The van der Waals surface area contributed by atoms with Crippen LogP contribution in [0.5, 0.6) is 0 Å². The Morgan fingerprint density at radius 1 is 0.739 bits per heavy atom. The van der Waals surface area contributed by atoms with Gasteiger partial charge in [-0.3, -0.25) is 0 Å². The van der Waals surface area contributed by atoms with Crippen LogP contribution in [0.3, 0.4) is 0 Å². The van der Waals surface area contributed by atoms with E-state index in [0.717, 1.165) is 6.42 Å². The van der Waals surface area contributed by atoms with Gasteiger partial charge in [-0.1, -0.05) is 88.9 Å². The highest BCUT2D eigenvalue weighted by atomic mass is 28.3. The second kappa shape index (κ2) is 7.05. The summed E-state index contributed by atoms with van der Waals surface area (Å²) in [6.45, 7) is 6.94. The van der Waals surface area contributed by atoms with Crippen molar-refractivity contribution in [2.24, 2.45) is 0 Å². The third-order valence-electron chi connectivity index (χ3n) is 5.65. The molecule has 122 valence electrons. The molecule has 0 nitrogen and oxygen atoms in total. The molecule has 0 bridgehead atoms. The minimum atomic E-state index is -1.55. The molecule has 0 atom stereocenters. The van der Waals surface area contributed by atoms with Crippen LogP contribution >= 0.6 is 0 Å². The second-order valence-electron chi connectivity index (χ2n) is 7.07. The van der Waals surface area contributed by atoms with Crippen LogP contribution in [0.15, 0.2) is 42.5 Å². The molecule has 0 unspecified atom stereocenters. The van der Waals surface area contributed by atoms with E-state index < -0.39 is 8.07 Å². The highest BCUT2D eigenvalue weighted by Crippen LogP contribution is 2.35. The lowest BCUT2D eigenvalue weighted by molar-refractivity contribution is 0.838. The average molecular weight is 323 g/mol. The Labute approximate surface area is 143 Å². The van der Waals surface area contributed by atoms with Gasteiger partial charge in [-0.2, -0.15) is 0 Å². The molecule has 1 heteroatoms. The summed E-state index contributed by atoms with van der Waals surface area (Å²) >= 11 is 0. The van der Waals surface area contributed by atoms with Gasteiger partial charge >= 0.3 is 0 Å². The number of rotatable bonds is 7. The van der Waals surface area contributed by atoms with Crippen molar-refractivity contribution >= 4 is 18.4 Å². The molecule has 0 aliphatic carbocycles. The minimum absolute atomic E-state index is 1.13. The average Bonchev–Trinajstić information content (AvgIpc) is 2.88. The maximum Gasteiger partial charge on any atom is 0.119 e.